The van der Waals surface area contributed by atoms with Gasteiger partial charge in [0.25, 0.3) is 0 Å². The summed E-state index contributed by atoms with van der Waals surface area (Å²) in [7, 11) is 0. The molecule has 2 heterocycles. The molecule has 2 aliphatic rings. The molecular weight excluding hydrogens is 272 g/mol. The topological polar surface area (TPSA) is 38.5 Å². The second kappa shape index (κ2) is 5.86. The Balaban J connectivity index is 1.88. The maximum absolute atomic E-state index is 6.70. The van der Waals surface area contributed by atoms with Crippen molar-refractivity contribution >= 4 is 0 Å². The fraction of sp³-hybridized carbons (Fsp3) is 0.684. The number of piperidine rings is 1. The molecule has 2 aliphatic heterocycles. The molecule has 122 valence electrons. The molecule has 1 fully saturated rings. The van der Waals surface area contributed by atoms with Crippen molar-refractivity contribution in [1.29, 1.82) is 0 Å². The van der Waals surface area contributed by atoms with E-state index in [0.29, 0.717) is 5.92 Å². The highest BCUT2D eigenvalue weighted by atomic mass is 16.5. The highest BCUT2D eigenvalue weighted by Gasteiger charge is 2.43. The predicted octanol–water partition coefficient (Wildman–Crippen LogP) is 3.58. The number of hydrogen-bond donors (Lipinski definition) is 1. The van der Waals surface area contributed by atoms with Gasteiger partial charge in [0.15, 0.2) is 0 Å². The van der Waals surface area contributed by atoms with Gasteiger partial charge < -0.3 is 15.4 Å². The maximum atomic E-state index is 6.70. The number of rotatable bonds is 2. The van der Waals surface area contributed by atoms with E-state index < -0.39 is 0 Å². The largest absolute Gasteiger partial charge is 0.487 e. The molecule has 1 saturated heterocycles. The molecule has 0 saturated carbocycles. The smallest absolute Gasteiger partial charge is 0.125 e. The Kier molecular flexibility index (Phi) is 4.21. The van der Waals surface area contributed by atoms with Crippen molar-refractivity contribution in [3.63, 3.8) is 0 Å². The second-order valence-electron chi connectivity index (χ2n) is 7.67. The van der Waals surface area contributed by atoms with E-state index in [4.69, 9.17) is 10.5 Å². The van der Waals surface area contributed by atoms with Gasteiger partial charge in [0.1, 0.15) is 11.4 Å². The van der Waals surface area contributed by atoms with Crippen LogP contribution in [0.3, 0.4) is 0 Å². The van der Waals surface area contributed by atoms with Crippen LogP contribution in [0.5, 0.6) is 5.75 Å². The third-order valence-electron chi connectivity index (χ3n) is 5.59. The van der Waals surface area contributed by atoms with Crippen LogP contribution in [-0.2, 0) is 0 Å². The van der Waals surface area contributed by atoms with E-state index in [1.54, 1.807) is 0 Å². The Bertz CT molecular complexity index is 547. The zero-order chi connectivity index (χ0) is 15.9. The lowest BCUT2D eigenvalue weighted by Crippen LogP contribution is -2.52. The third-order valence-corrected chi connectivity index (χ3v) is 5.59. The molecule has 3 rings (SSSR count). The van der Waals surface area contributed by atoms with E-state index in [2.05, 4.69) is 44.7 Å². The van der Waals surface area contributed by atoms with Gasteiger partial charge in [0.05, 0.1) is 0 Å². The van der Waals surface area contributed by atoms with Crippen LogP contribution in [0, 0.1) is 19.8 Å². The van der Waals surface area contributed by atoms with Crippen LogP contribution in [0.15, 0.2) is 12.1 Å². The Morgan fingerprint density at radius 2 is 1.77 bits per heavy atom. The first-order valence-electron chi connectivity index (χ1n) is 8.66. The molecule has 22 heavy (non-hydrogen) atoms. The van der Waals surface area contributed by atoms with Crippen LogP contribution in [-0.4, -0.2) is 30.1 Å². The summed E-state index contributed by atoms with van der Waals surface area (Å²) in [6, 6.07) is 4.44. The number of nitrogens with two attached hydrogens (primary N) is 1. The number of ether oxygens (including phenoxy) is 1. The summed E-state index contributed by atoms with van der Waals surface area (Å²) >= 11 is 0. The zero-order valence-electron chi connectivity index (χ0n) is 14.5. The molecule has 2 atom stereocenters. The van der Waals surface area contributed by atoms with Gasteiger partial charge in [-0.25, -0.2) is 0 Å². The van der Waals surface area contributed by atoms with Crippen molar-refractivity contribution in [3.8, 4) is 5.75 Å². The molecule has 0 bridgehead atoms. The molecule has 0 amide bonds. The van der Waals surface area contributed by atoms with Crippen molar-refractivity contribution in [2.24, 2.45) is 11.7 Å². The summed E-state index contributed by atoms with van der Waals surface area (Å²) in [5, 5.41) is 0. The van der Waals surface area contributed by atoms with Crippen LogP contribution in [0.25, 0.3) is 0 Å². The summed E-state index contributed by atoms with van der Waals surface area (Å²) in [5.74, 6) is 1.32. The number of likely N-dealkylation sites (tertiary alicyclic amines) is 1. The minimum absolute atomic E-state index is 0.0555. The minimum Gasteiger partial charge on any atom is -0.487 e. The summed E-state index contributed by atoms with van der Waals surface area (Å²) in [4.78, 5) is 2.57. The Hall–Kier alpha value is -1.06. The highest BCUT2D eigenvalue weighted by molar-refractivity contribution is 5.45. The molecule has 0 radical (unpaired) electrons. The number of hydrogen-bond acceptors (Lipinski definition) is 3. The van der Waals surface area contributed by atoms with Crippen molar-refractivity contribution in [2.45, 2.75) is 58.6 Å². The molecule has 0 spiro atoms. The molecule has 1 aromatic carbocycles. The quantitative estimate of drug-likeness (QED) is 0.907. The van der Waals surface area contributed by atoms with E-state index in [-0.39, 0.29) is 11.6 Å². The van der Waals surface area contributed by atoms with Crippen LogP contribution in [0.2, 0.25) is 0 Å². The first-order valence-corrected chi connectivity index (χ1v) is 8.66. The average molecular weight is 302 g/mol. The number of aryl methyl sites for hydroxylation is 2. The van der Waals surface area contributed by atoms with Crippen molar-refractivity contribution < 1.29 is 4.74 Å². The lowest BCUT2D eigenvalue weighted by molar-refractivity contribution is -0.00919. The fourth-order valence-electron chi connectivity index (χ4n) is 3.92. The molecule has 3 heteroatoms. The molecular formula is C19H30N2O. The zero-order valence-corrected chi connectivity index (χ0v) is 14.5. The van der Waals surface area contributed by atoms with Gasteiger partial charge >= 0.3 is 0 Å². The van der Waals surface area contributed by atoms with Crippen LogP contribution in [0.4, 0.5) is 0 Å². The Morgan fingerprint density at radius 1 is 1.14 bits per heavy atom. The molecule has 0 aliphatic carbocycles. The summed E-state index contributed by atoms with van der Waals surface area (Å²) < 4.78 is 6.37. The van der Waals surface area contributed by atoms with Gasteiger partial charge in [-0.2, -0.15) is 0 Å². The van der Waals surface area contributed by atoms with Gasteiger partial charge in [0.2, 0.25) is 0 Å². The molecule has 3 nitrogen and oxygen atoms in total. The minimum atomic E-state index is -0.217. The molecule has 2 N–H and O–H groups in total. The van der Waals surface area contributed by atoms with E-state index in [0.717, 1.165) is 12.3 Å². The number of fused-ring (bicyclic) bond motifs is 1. The third kappa shape index (κ3) is 2.89. The SMILES string of the molecule is Cc1cc2c(cc1C)C(N)C(CN1CCCCC1)C(C)(C)O2. The first kappa shape index (κ1) is 15.8. The Labute approximate surface area is 134 Å². The second-order valence-corrected chi connectivity index (χ2v) is 7.67. The molecule has 0 aromatic heterocycles. The fourth-order valence-corrected chi connectivity index (χ4v) is 3.92. The van der Waals surface area contributed by atoms with E-state index >= 15 is 0 Å². The van der Waals surface area contributed by atoms with Gasteiger partial charge in [0, 0.05) is 24.1 Å². The number of nitrogens with zero attached hydrogens (tertiary/aromatic N) is 1. The van der Waals surface area contributed by atoms with Crippen LogP contribution < -0.4 is 10.5 Å². The van der Waals surface area contributed by atoms with Crippen LogP contribution >= 0.6 is 0 Å². The van der Waals surface area contributed by atoms with E-state index in [1.165, 1.54) is 49.0 Å². The maximum Gasteiger partial charge on any atom is 0.125 e. The van der Waals surface area contributed by atoms with Crippen molar-refractivity contribution in [3.05, 3.63) is 28.8 Å². The molecule has 2 unspecified atom stereocenters. The van der Waals surface area contributed by atoms with E-state index in [1.807, 2.05) is 0 Å². The van der Waals surface area contributed by atoms with Gasteiger partial charge in [-0.15, -0.1) is 0 Å². The van der Waals surface area contributed by atoms with Crippen LogP contribution in [0.1, 0.15) is 55.8 Å². The predicted molar refractivity (Wildman–Crippen MR) is 91.3 cm³/mol. The van der Waals surface area contributed by atoms with Crippen molar-refractivity contribution in [1.82, 2.24) is 4.90 Å². The summed E-state index contributed by atoms with van der Waals surface area (Å²) in [6.07, 6.45) is 4.00. The average Bonchev–Trinajstić information content (AvgIpc) is 2.47. The van der Waals surface area contributed by atoms with Gasteiger partial charge in [-0.1, -0.05) is 12.5 Å². The first-order chi connectivity index (χ1) is 10.4. The summed E-state index contributed by atoms with van der Waals surface area (Å²) in [5.41, 5.74) is 10.2. The van der Waals surface area contributed by atoms with Gasteiger partial charge in [-0.3, -0.25) is 0 Å². The standard InChI is InChI=1S/C19H30N2O/c1-13-10-15-17(11-14(13)2)22-19(3,4)16(18(15)20)12-21-8-6-5-7-9-21/h10-11,16,18H,5-9,12,20H2,1-4H3. The highest BCUT2D eigenvalue weighted by Crippen LogP contribution is 2.44. The number of benzene rings is 1. The molecule has 1 aromatic rings. The Morgan fingerprint density at radius 3 is 2.45 bits per heavy atom. The lowest BCUT2D eigenvalue weighted by atomic mass is 9.77. The normalized spacial score (nSPS) is 28.0. The monoisotopic (exact) mass is 302 g/mol. The van der Waals surface area contributed by atoms with E-state index in [9.17, 15) is 0 Å². The lowest BCUT2D eigenvalue weighted by Gasteiger charge is -2.46. The van der Waals surface area contributed by atoms with Gasteiger partial charge in [-0.05, 0) is 70.8 Å². The van der Waals surface area contributed by atoms with Crippen molar-refractivity contribution in [2.75, 3.05) is 19.6 Å². The summed E-state index contributed by atoms with van der Waals surface area (Å²) in [6.45, 7) is 12.1.